The van der Waals surface area contributed by atoms with Gasteiger partial charge in [-0.25, -0.2) is 9.59 Å². The SMILES string of the molecule is COc1cc(C=CC(=O)OC[C@H]2O[C@@H](OC(=O)C=Cc3cc(OC)c(O)c(OC)c3)[C@H](O)[C@@H](O)[C@@H]2O)cc(OC)c1O. The Morgan fingerprint density at radius 3 is 1.57 bits per heavy atom. The summed E-state index contributed by atoms with van der Waals surface area (Å²) in [4.78, 5) is 24.7. The number of hydrogen-bond acceptors (Lipinski definition) is 14. The third kappa shape index (κ3) is 7.61. The van der Waals surface area contributed by atoms with Crippen LogP contribution in [0.1, 0.15) is 11.1 Å². The summed E-state index contributed by atoms with van der Waals surface area (Å²) in [6.45, 7) is -0.562. The molecule has 2 aromatic carbocycles. The Morgan fingerprint density at radius 1 is 0.714 bits per heavy atom. The Labute approximate surface area is 240 Å². The minimum absolute atomic E-state index is 0.0975. The van der Waals surface area contributed by atoms with E-state index < -0.39 is 49.3 Å². The van der Waals surface area contributed by atoms with Crippen molar-refractivity contribution < 1.29 is 68.3 Å². The lowest BCUT2D eigenvalue weighted by Gasteiger charge is -2.39. The van der Waals surface area contributed by atoms with Gasteiger partial charge in [0.05, 0.1) is 28.4 Å². The predicted octanol–water partition coefficient (Wildman–Crippen LogP) is 0.753. The highest BCUT2D eigenvalue weighted by Gasteiger charge is 2.45. The first kappa shape index (κ1) is 32.0. The minimum atomic E-state index is -1.81. The van der Waals surface area contributed by atoms with E-state index in [0.717, 1.165) is 12.2 Å². The maximum absolute atomic E-state index is 12.4. The van der Waals surface area contributed by atoms with E-state index in [9.17, 15) is 35.1 Å². The molecule has 0 saturated carbocycles. The molecule has 0 spiro atoms. The van der Waals surface area contributed by atoms with E-state index >= 15 is 0 Å². The second-order valence-corrected chi connectivity index (χ2v) is 8.80. The van der Waals surface area contributed by atoms with E-state index in [0.29, 0.717) is 11.1 Å². The molecule has 0 amide bonds. The summed E-state index contributed by atoms with van der Waals surface area (Å²) in [6.07, 6.45) is -3.61. The average molecular weight is 593 g/mol. The zero-order valence-electron chi connectivity index (χ0n) is 23.1. The first-order chi connectivity index (χ1) is 20.0. The monoisotopic (exact) mass is 592 g/mol. The molecular weight excluding hydrogens is 560 g/mol. The van der Waals surface area contributed by atoms with Crippen molar-refractivity contribution in [3.05, 3.63) is 47.5 Å². The Kier molecular flexibility index (Phi) is 11.0. The Hall–Kier alpha value is -4.50. The van der Waals surface area contributed by atoms with E-state index in [1.807, 2.05) is 0 Å². The standard InChI is InChI=1S/C28H32O14/c1-36-16-9-14(10-17(37-2)23(16)31)5-7-21(29)40-13-20-25(33)26(34)27(35)28(41-20)42-22(30)8-6-15-11-18(38-3)24(32)19(12-15)39-4/h5-12,20,25-28,31-35H,13H2,1-4H3/t20-,25-,26+,27-,28+/m1/s1. The summed E-state index contributed by atoms with van der Waals surface area (Å²) >= 11 is 0. The van der Waals surface area contributed by atoms with Crippen LogP contribution in [0.25, 0.3) is 12.2 Å². The number of phenolic OH excluding ortho intramolecular Hbond substituents is 2. The minimum Gasteiger partial charge on any atom is -0.502 e. The van der Waals surface area contributed by atoms with Gasteiger partial charge in [0.2, 0.25) is 17.8 Å². The van der Waals surface area contributed by atoms with Gasteiger partial charge in [-0.2, -0.15) is 0 Å². The number of hydrogen-bond donors (Lipinski definition) is 5. The normalized spacial score (nSPS) is 22.1. The van der Waals surface area contributed by atoms with E-state index in [2.05, 4.69) is 0 Å². The molecule has 0 bridgehead atoms. The fourth-order valence-corrected chi connectivity index (χ4v) is 3.87. The van der Waals surface area contributed by atoms with Crippen LogP contribution in [-0.4, -0.2) is 103 Å². The number of methoxy groups -OCH3 is 4. The van der Waals surface area contributed by atoms with E-state index in [1.165, 1.54) is 64.9 Å². The van der Waals surface area contributed by atoms with Gasteiger partial charge in [-0.3, -0.25) is 0 Å². The van der Waals surface area contributed by atoms with Crippen molar-refractivity contribution in [3.63, 3.8) is 0 Å². The molecule has 1 aliphatic rings. The predicted molar refractivity (Wildman–Crippen MR) is 144 cm³/mol. The molecule has 228 valence electrons. The van der Waals surface area contributed by atoms with Crippen LogP contribution in [0.2, 0.25) is 0 Å². The van der Waals surface area contributed by atoms with Crippen molar-refractivity contribution in [1.29, 1.82) is 0 Å². The number of aromatic hydroxyl groups is 2. The maximum Gasteiger partial charge on any atom is 0.333 e. The van der Waals surface area contributed by atoms with Gasteiger partial charge < -0.3 is 58.7 Å². The molecule has 5 N–H and O–H groups in total. The molecule has 1 aliphatic heterocycles. The van der Waals surface area contributed by atoms with Gasteiger partial charge in [0, 0.05) is 12.2 Å². The number of rotatable bonds is 11. The zero-order chi connectivity index (χ0) is 31.0. The molecule has 2 aromatic rings. The molecule has 3 rings (SSSR count). The molecule has 42 heavy (non-hydrogen) atoms. The molecule has 5 atom stereocenters. The van der Waals surface area contributed by atoms with Crippen LogP contribution in [0.4, 0.5) is 0 Å². The summed E-state index contributed by atoms with van der Waals surface area (Å²) < 4.78 is 35.8. The van der Waals surface area contributed by atoms with Gasteiger partial charge in [0.25, 0.3) is 0 Å². The van der Waals surface area contributed by atoms with Gasteiger partial charge >= 0.3 is 11.9 Å². The number of carbonyl (C=O) groups is 2. The first-order valence-corrected chi connectivity index (χ1v) is 12.4. The highest BCUT2D eigenvalue weighted by atomic mass is 16.7. The van der Waals surface area contributed by atoms with Crippen LogP contribution < -0.4 is 18.9 Å². The molecule has 0 radical (unpaired) electrons. The van der Waals surface area contributed by atoms with Crippen molar-refractivity contribution in [2.75, 3.05) is 35.0 Å². The maximum atomic E-state index is 12.4. The van der Waals surface area contributed by atoms with Crippen molar-refractivity contribution in [2.24, 2.45) is 0 Å². The van der Waals surface area contributed by atoms with Crippen LogP contribution in [0.5, 0.6) is 34.5 Å². The summed E-state index contributed by atoms with van der Waals surface area (Å²) in [5, 5.41) is 50.8. The van der Waals surface area contributed by atoms with Crippen LogP contribution >= 0.6 is 0 Å². The lowest BCUT2D eigenvalue weighted by Crippen LogP contribution is -2.59. The van der Waals surface area contributed by atoms with Crippen LogP contribution in [0.15, 0.2) is 36.4 Å². The third-order valence-electron chi connectivity index (χ3n) is 6.12. The fourth-order valence-electron chi connectivity index (χ4n) is 3.87. The van der Waals surface area contributed by atoms with Gasteiger partial charge in [-0.1, -0.05) is 0 Å². The quantitative estimate of drug-likeness (QED) is 0.181. The number of benzene rings is 2. The lowest BCUT2D eigenvalue weighted by molar-refractivity contribution is -0.291. The molecule has 0 aliphatic carbocycles. The largest absolute Gasteiger partial charge is 0.502 e. The number of aliphatic hydroxyl groups is 3. The number of phenols is 2. The molecule has 1 heterocycles. The van der Waals surface area contributed by atoms with E-state index in [4.69, 9.17) is 33.2 Å². The molecule has 14 nitrogen and oxygen atoms in total. The van der Waals surface area contributed by atoms with E-state index in [-0.39, 0.29) is 34.5 Å². The topological polar surface area (TPSA) is 200 Å². The van der Waals surface area contributed by atoms with Crippen LogP contribution in [0.3, 0.4) is 0 Å². The van der Waals surface area contributed by atoms with Crippen molar-refractivity contribution in [3.8, 4) is 34.5 Å². The number of ether oxygens (including phenoxy) is 7. The molecule has 0 aromatic heterocycles. The Morgan fingerprint density at radius 2 is 1.14 bits per heavy atom. The number of aliphatic hydroxyl groups excluding tert-OH is 3. The molecular formula is C28H32O14. The first-order valence-electron chi connectivity index (χ1n) is 12.4. The van der Waals surface area contributed by atoms with Gasteiger partial charge in [0.15, 0.2) is 23.0 Å². The Balaban J connectivity index is 1.62. The number of esters is 2. The molecule has 1 fully saturated rings. The van der Waals surface area contributed by atoms with Crippen molar-refractivity contribution in [1.82, 2.24) is 0 Å². The second kappa shape index (κ2) is 14.4. The van der Waals surface area contributed by atoms with Gasteiger partial charge in [-0.05, 0) is 47.5 Å². The highest BCUT2D eigenvalue weighted by Crippen LogP contribution is 2.38. The van der Waals surface area contributed by atoms with Crippen LogP contribution in [0, 0.1) is 0 Å². The summed E-state index contributed by atoms with van der Waals surface area (Å²) in [5.41, 5.74) is 0.844. The van der Waals surface area contributed by atoms with Crippen molar-refractivity contribution >= 4 is 24.1 Å². The van der Waals surface area contributed by atoms with Crippen molar-refractivity contribution in [2.45, 2.75) is 30.7 Å². The summed E-state index contributed by atoms with van der Waals surface area (Å²) in [6, 6.07) is 5.77. The second-order valence-electron chi connectivity index (χ2n) is 8.80. The number of carbonyl (C=O) groups excluding carboxylic acids is 2. The lowest BCUT2D eigenvalue weighted by atomic mass is 9.99. The Bertz CT molecular complexity index is 1270. The highest BCUT2D eigenvalue weighted by molar-refractivity contribution is 5.88. The zero-order valence-corrected chi connectivity index (χ0v) is 23.1. The fraction of sp³-hybridized carbons (Fsp3) is 0.357. The third-order valence-corrected chi connectivity index (χ3v) is 6.12. The molecule has 0 unspecified atom stereocenters. The van der Waals surface area contributed by atoms with Gasteiger partial charge in [-0.15, -0.1) is 0 Å². The summed E-state index contributed by atoms with van der Waals surface area (Å²) in [5.74, 6) is -1.84. The smallest absolute Gasteiger partial charge is 0.333 e. The van der Waals surface area contributed by atoms with Crippen LogP contribution in [-0.2, 0) is 23.8 Å². The van der Waals surface area contributed by atoms with E-state index in [1.54, 1.807) is 0 Å². The molecule has 1 saturated heterocycles. The molecule has 14 heteroatoms. The average Bonchev–Trinajstić information content (AvgIpc) is 2.99. The van der Waals surface area contributed by atoms with Gasteiger partial charge in [0.1, 0.15) is 31.0 Å². The summed E-state index contributed by atoms with van der Waals surface area (Å²) in [7, 11) is 5.38.